The molecule has 2 aromatic rings. The number of furan rings is 1. The fourth-order valence-corrected chi connectivity index (χ4v) is 6.48. The van der Waals surface area contributed by atoms with Gasteiger partial charge in [0, 0.05) is 12.6 Å². The van der Waals surface area contributed by atoms with Gasteiger partial charge in [-0.15, -0.1) is 0 Å². The topological polar surface area (TPSA) is 94.6 Å². The third-order valence-electron chi connectivity index (χ3n) is 7.36. The third-order valence-corrected chi connectivity index (χ3v) is 7.36. The van der Waals surface area contributed by atoms with Crippen molar-refractivity contribution >= 4 is 11.6 Å². The molecule has 6 rings (SSSR count). The Kier molecular flexibility index (Phi) is 4.99. The van der Waals surface area contributed by atoms with Crippen molar-refractivity contribution < 1.29 is 18.9 Å². The summed E-state index contributed by atoms with van der Waals surface area (Å²) in [5.74, 6) is 3.23. The second kappa shape index (κ2) is 7.70. The predicted octanol–water partition coefficient (Wildman–Crippen LogP) is 5.02. The zero-order chi connectivity index (χ0) is 21.6. The van der Waals surface area contributed by atoms with E-state index in [1.807, 2.05) is 0 Å². The van der Waals surface area contributed by atoms with Crippen LogP contribution in [-0.4, -0.2) is 17.4 Å². The van der Waals surface area contributed by atoms with Gasteiger partial charge in [0.1, 0.15) is 12.4 Å². The zero-order valence-electron chi connectivity index (χ0n) is 17.8. The molecule has 0 saturated heterocycles. The monoisotopic (exact) mass is 424 g/mol. The lowest BCUT2D eigenvalue weighted by atomic mass is 9.49. The number of aryl methyl sites for hydroxylation is 1. The summed E-state index contributed by atoms with van der Waals surface area (Å²) >= 11 is 0. The first kappa shape index (κ1) is 20.1. The average molecular weight is 424 g/mol. The molecule has 4 aliphatic rings. The number of hydrogen-bond donors (Lipinski definition) is 1. The van der Waals surface area contributed by atoms with Crippen molar-refractivity contribution in [2.75, 3.05) is 6.54 Å². The molecule has 4 bridgehead atoms. The maximum absolute atomic E-state index is 12.7. The summed E-state index contributed by atoms with van der Waals surface area (Å²) < 4.78 is 11.2. The standard InChI is InChI=1S/C24H28N2O5/c1-15-2-4-21(20(6-15)26(28)29)30-13-19-3-5-22(31-19)23(27)25-14-24-10-16-7-17(11-24)9-18(8-16)12-24/h2-6,16-18H,7-14H2,1H3,(H,25,27). The minimum atomic E-state index is -0.464. The molecule has 1 N–H and O–H groups in total. The molecule has 1 heterocycles. The second-order valence-corrected chi connectivity index (χ2v) is 9.88. The summed E-state index contributed by atoms with van der Waals surface area (Å²) in [6.45, 7) is 2.53. The SMILES string of the molecule is Cc1ccc(OCc2ccc(C(=O)NCC34CC5CC(CC(C5)C3)C4)o2)c([N+](=O)[O-])c1. The van der Waals surface area contributed by atoms with Gasteiger partial charge in [0.15, 0.2) is 11.5 Å². The Hall–Kier alpha value is -2.83. The van der Waals surface area contributed by atoms with Crippen LogP contribution >= 0.6 is 0 Å². The number of carbonyl (C=O) groups is 1. The fourth-order valence-electron chi connectivity index (χ4n) is 6.48. The number of nitro benzene ring substituents is 1. The van der Waals surface area contributed by atoms with Crippen molar-refractivity contribution in [3.63, 3.8) is 0 Å². The van der Waals surface area contributed by atoms with E-state index in [1.54, 1.807) is 31.2 Å². The Morgan fingerprint density at radius 1 is 1.16 bits per heavy atom. The molecule has 7 nitrogen and oxygen atoms in total. The smallest absolute Gasteiger partial charge is 0.311 e. The number of nitrogens with one attached hydrogen (secondary N) is 1. The molecule has 0 aliphatic heterocycles. The molecule has 7 heteroatoms. The Labute approximate surface area is 181 Å². The van der Waals surface area contributed by atoms with Crippen molar-refractivity contribution in [1.82, 2.24) is 5.32 Å². The molecule has 1 aromatic carbocycles. The number of hydrogen-bond acceptors (Lipinski definition) is 5. The van der Waals surface area contributed by atoms with Gasteiger partial charge >= 0.3 is 5.69 Å². The van der Waals surface area contributed by atoms with Crippen molar-refractivity contribution in [1.29, 1.82) is 0 Å². The Balaban J connectivity index is 1.18. The van der Waals surface area contributed by atoms with E-state index in [9.17, 15) is 14.9 Å². The molecule has 0 radical (unpaired) electrons. The highest BCUT2D eigenvalue weighted by Gasteiger charge is 2.50. The Morgan fingerprint density at radius 2 is 1.84 bits per heavy atom. The molecule has 31 heavy (non-hydrogen) atoms. The van der Waals surface area contributed by atoms with Gasteiger partial charge in [-0.3, -0.25) is 14.9 Å². The average Bonchev–Trinajstić information content (AvgIpc) is 3.19. The fraction of sp³-hybridized carbons (Fsp3) is 0.542. The van der Waals surface area contributed by atoms with E-state index in [-0.39, 0.29) is 35.1 Å². The van der Waals surface area contributed by atoms with Crippen LogP contribution in [0.3, 0.4) is 0 Å². The van der Waals surface area contributed by atoms with E-state index in [4.69, 9.17) is 9.15 Å². The number of ether oxygens (including phenoxy) is 1. The van der Waals surface area contributed by atoms with E-state index in [0.717, 1.165) is 29.9 Å². The molecule has 4 saturated carbocycles. The second-order valence-electron chi connectivity index (χ2n) is 9.88. The number of amides is 1. The molecule has 0 unspecified atom stereocenters. The van der Waals surface area contributed by atoms with Crippen LogP contribution in [0.25, 0.3) is 0 Å². The molecule has 164 valence electrons. The van der Waals surface area contributed by atoms with Gasteiger partial charge in [0.05, 0.1) is 4.92 Å². The molecule has 0 atom stereocenters. The first-order valence-corrected chi connectivity index (χ1v) is 11.1. The van der Waals surface area contributed by atoms with Gasteiger partial charge in [-0.05, 0) is 92.4 Å². The van der Waals surface area contributed by atoms with Crippen LogP contribution < -0.4 is 10.1 Å². The number of benzene rings is 1. The van der Waals surface area contributed by atoms with Crippen LogP contribution in [-0.2, 0) is 6.61 Å². The van der Waals surface area contributed by atoms with Gasteiger partial charge < -0.3 is 14.5 Å². The van der Waals surface area contributed by atoms with Crippen LogP contribution in [0.15, 0.2) is 34.7 Å². The van der Waals surface area contributed by atoms with Gasteiger partial charge in [0.2, 0.25) is 0 Å². The largest absolute Gasteiger partial charge is 0.479 e. The van der Waals surface area contributed by atoms with E-state index in [2.05, 4.69) is 5.32 Å². The quantitative estimate of drug-likeness (QED) is 0.497. The first-order chi connectivity index (χ1) is 14.9. The summed E-state index contributed by atoms with van der Waals surface area (Å²) in [7, 11) is 0. The van der Waals surface area contributed by atoms with Crippen LogP contribution in [0.4, 0.5) is 5.69 Å². The van der Waals surface area contributed by atoms with E-state index < -0.39 is 4.92 Å². The van der Waals surface area contributed by atoms with Crippen LogP contribution in [0.5, 0.6) is 5.75 Å². The van der Waals surface area contributed by atoms with Gasteiger partial charge in [0.25, 0.3) is 5.91 Å². The number of nitrogens with zero attached hydrogens (tertiary/aromatic N) is 1. The lowest BCUT2D eigenvalue weighted by Crippen LogP contribution is -2.51. The lowest BCUT2D eigenvalue weighted by Gasteiger charge is -2.56. The lowest BCUT2D eigenvalue weighted by molar-refractivity contribution is -0.386. The summed E-state index contributed by atoms with van der Waals surface area (Å²) in [5, 5.41) is 14.3. The Bertz CT molecular complexity index is 976. The van der Waals surface area contributed by atoms with Gasteiger partial charge in [-0.1, -0.05) is 6.07 Å². The maximum Gasteiger partial charge on any atom is 0.311 e. The highest BCUT2D eigenvalue weighted by Crippen LogP contribution is 2.59. The summed E-state index contributed by atoms with van der Waals surface area (Å²) in [6, 6.07) is 8.13. The van der Waals surface area contributed by atoms with Crippen LogP contribution in [0.2, 0.25) is 0 Å². The van der Waals surface area contributed by atoms with Crippen molar-refractivity contribution in [3.8, 4) is 5.75 Å². The molecular formula is C24H28N2O5. The summed E-state index contributed by atoms with van der Waals surface area (Å²) in [5.41, 5.74) is 0.975. The summed E-state index contributed by atoms with van der Waals surface area (Å²) in [4.78, 5) is 23.4. The van der Waals surface area contributed by atoms with Gasteiger partial charge in [-0.25, -0.2) is 0 Å². The first-order valence-electron chi connectivity index (χ1n) is 11.1. The molecular weight excluding hydrogens is 396 g/mol. The van der Waals surface area contributed by atoms with Crippen LogP contribution in [0.1, 0.15) is 60.4 Å². The summed E-state index contributed by atoms with van der Waals surface area (Å²) in [6.07, 6.45) is 7.87. The highest BCUT2D eigenvalue weighted by molar-refractivity contribution is 5.91. The third kappa shape index (κ3) is 4.05. The highest BCUT2D eigenvalue weighted by atomic mass is 16.6. The predicted molar refractivity (Wildman–Crippen MR) is 114 cm³/mol. The van der Waals surface area contributed by atoms with E-state index >= 15 is 0 Å². The molecule has 0 spiro atoms. The normalized spacial score (nSPS) is 28.5. The van der Waals surface area contributed by atoms with Crippen molar-refractivity contribution in [3.05, 3.63) is 57.5 Å². The van der Waals surface area contributed by atoms with Crippen molar-refractivity contribution in [2.24, 2.45) is 23.2 Å². The van der Waals surface area contributed by atoms with E-state index in [0.29, 0.717) is 5.76 Å². The number of rotatable bonds is 7. The molecule has 1 amide bonds. The molecule has 1 aromatic heterocycles. The van der Waals surface area contributed by atoms with E-state index in [1.165, 1.54) is 44.6 Å². The minimum absolute atomic E-state index is 0.0200. The van der Waals surface area contributed by atoms with Crippen molar-refractivity contribution in [2.45, 2.75) is 52.1 Å². The van der Waals surface area contributed by atoms with Gasteiger partial charge in [-0.2, -0.15) is 0 Å². The minimum Gasteiger partial charge on any atom is -0.479 e. The maximum atomic E-state index is 12.7. The number of carbonyl (C=O) groups excluding carboxylic acids is 1. The zero-order valence-corrected chi connectivity index (χ0v) is 17.8. The number of nitro groups is 1. The van der Waals surface area contributed by atoms with Crippen LogP contribution in [0, 0.1) is 40.2 Å². The molecule has 4 aliphatic carbocycles. The molecule has 4 fully saturated rings. The Morgan fingerprint density at radius 3 is 2.48 bits per heavy atom.